The van der Waals surface area contributed by atoms with Gasteiger partial charge in [-0.2, -0.15) is 0 Å². The van der Waals surface area contributed by atoms with E-state index in [-0.39, 0.29) is 0 Å². The van der Waals surface area contributed by atoms with Crippen LogP contribution in [-0.2, 0) is 4.74 Å². The van der Waals surface area contributed by atoms with E-state index in [1.54, 1.807) is 0 Å². The van der Waals surface area contributed by atoms with Gasteiger partial charge in [0.25, 0.3) is 0 Å². The summed E-state index contributed by atoms with van der Waals surface area (Å²) in [7, 11) is 0. The van der Waals surface area contributed by atoms with Crippen LogP contribution in [0.3, 0.4) is 0 Å². The smallest absolute Gasteiger partial charge is 0.157 e. The zero-order valence-corrected chi connectivity index (χ0v) is 11.9. The molecule has 0 aromatic rings. The van der Waals surface area contributed by atoms with Gasteiger partial charge in [-0.05, 0) is 38.5 Å². The Morgan fingerprint density at radius 1 is 1.28 bits per heavy atom. The Morgan fingerprint density at radius 2 is 2.17 bits per heavy atom. The number of nitrogens with zero attached hydrogens (tertiary/aromatic N) is 1. The van der Waals surface area contributed by atoms with Crippen molar-refractivity contribution in [3.05, 3.63) is 0 Å². The number of thioether (sulfide) groups is 1. The van der Waals surface area contributed by atoms with Crippen molar-refractivity contribution in [3.63, 3.8) is 0 Å². The van der Waals surface area contributed by atoms with Gasteiger partial charge in [0.2, 0.25) is 0 Å². The van der Waals surface area contributed by atoms with Crippen molar-refractivity contribution >= 4 is 16.9 Å². The molecule has 2 heterocycles. The van der Waals surface area contributed by atoms with Gasteiger partial charge in [0.05, 0.1) is 6.10 Å². The van der Waals surface area contributed by atoms with Crippen molar-refractivity contribution < 1.29 is 4.74 Å². The maximum atomic E-state index is 5.74. The number of nitrogens with one attached hydrogen (secondary N) is 1. The van der Waals surface area contributed by atoms with Crippen LogP contribution in [0.5, 0.6) is 0 Å². The first-order chi connectivity index (χ1) is 8.86. The summed E-state index contributed by atoms with van der Waals surface area (Å²) in [5.41, 5.74) is 0.408. The molecular weight excluding hydrogens is 244 g/mol. The van der Waals surface area contributed by atoms with Gasteiger partial charge in [-0.15, -0.1) is 0 Å². The monoisotopic (exact) mass is 268 g/mol. The molecule has 3 rings (SSSR count). The van der Waals surface area contributed by atoms with Gasteiger partial charge < -0.3 is 10.1 Å². The average Bonchev–Trinajstić information content (AvgIpc) is 3.02. The third-order valence-corrected chi connectivity index (χ3v) is 5.60. The fourth-order valence-electron chi connectivity index (χ4n) is 3.26. The summed E-state index contributed by atoms with van der Waals surface area (Å²) in [5, 5.41) is 4.86. The standard InChI is InChI=1S/C14H24N2OS/c1-4-10-17-12(5-1)6-9-15-13-16-14(11-18-13)7-2-3-8-14/h12H,1-11H2,(H,15,16). The van der Waals surface area contributed by atoms with Crippen LogP contribution >= 0.6 is 11.8 Å². The summed E-state index contributed by atoms with van der Waals surface area (Å²) < 4.78 is 5.74. The van der Waals surface area contributed by atoms with Crippen LogP contribution in [0.25, 0.3) is 0 Å². The lowest BCUT2D eigenvalue weighted by Crippen LogP contribution is -2.40. The lowest BCUT2D eigenvalue weighted by molar-refractivity contribution is 0.0129. The first-order valence-corrected chi connectivity index (χ1v) is 8.42. The van der Waals surface area contributed by atoms with E-state index in [1.807, 2.05) is 11.8 Å². The minimum atomic E-state index is 0.408. The van der Waals surface area contributed by atoms with Crippen LogP contribution in [-0.4, -0.2) is 35.7 Å². The fraction of sp³-hybridized carbons (Fsp3) is 0.929. The molecule has 0 amide bonds. The topological polar surface area (TPSA) is 33.6 Å². The molecule has 3 aliphatic rings. The van der Waals surface area contributed by atoms with Crippen molar-refractivity contribution in [2.45, 2.75) is 63.0 Å². The second-order valence-corrected chi connectivity index (χ2v) is 6.83. The Balaban J connectivity index is 1.43. The molecule has 3 fully saturated rings. The molecule has 1 aliphatic carbocycles. The lowest BCUT2D eigenvalue weighted by Gasteiger charge is -2.22. The summed E-state index contributed by atoms with van der Waals surface area (Å²) in [4.78, 5) is 4.72. The van der Waals surface area contributed by atoms with E-state index in [2.05, 4.69) is 5.32 Å². The minimum absolute atomic E-state index is 0.408. The van der Waals surface area contributed by atoms with E-state index in [9.17, 15) is 0 Å². The highest BCUT2D eigenvalue weighted by Gasteiger charge is 2.39. The van der Waals surface area contributed by atoms with Crippen molar-refractivity contribution in [3.8, 4) is 0 Å². The van der Waals surface area contributed by atoms with Crippen molar-refractivity contribution in [1.29, 1.82) is 0 Å². The Morgan fingerprint density at radius 3 is 2.94 bits per heavy atom. The first-order valence-electron chi connectivity index (χ1n) is 7.43. The van der Waals surface area contributed by atoms with Gasteiger partial charge in [-0.25, -0.2) is 0 Å². The second kappa shape index (κ2) is 5.83. The minimum Gasteiger partial charge on any atom is -0.378 e. The van der Waals surface area contributed by atoms with Crippen LogP contribution < -0.4 is 5.32 Å². The SMILES string of the molecule is C1CCC(CCN=C2NC3(CCCC3)CS2)OC1. The molecule has 3 nitrogen and oxygen atoms in total. The Labute approximate surface area is 114 Å². The van der Waals surface area contributed by atoms with Gasteiger partial charge in [0.15, 0.2) is 5.17 Å². The zero-order valence-electron chi connectivity index (χ0n) is 11.1. The average molecular weight is 268 g/mol. The predicted octanol–water partition coefficient (Wildman–Crippen LogP) is 2.95. The highest BCUT2D eigenvalue weighted by Crippen LogP contribution is 2.37. The Hall–Kier alpha value is -0.220. The van der Waals surface area contributed by atoms with Crippen LogP contribution in [0.4, 0.5) is 0 Å². The van der Waals surface area contributed by atoms with Gasteiger partial charge in [0, 0.05) is 24.4 Å². The molecule has 0 aromatic heterocycles. The molecule has 18 heavy (non-hydrogen) atoms. The van der Waals surface area contributed by atoms with Crippen molar-refractivity contribution in [2.75, 3.05) is 18.9 Å². The number of ether oxygens (including phenoxy) is 1. The molecule has 102 valence electrons. The molecule has 0 aromatic carbocycles. The Bertz CT molecular complexity index is 307. The number of hydrogen-bond acceptors (Lipinski definition) is 3. The maximum absolute atomic E-state index is 5.74. The quantitative estimate of drug-likeness (QED) is 0.854. The third kappa shape index (κ3) is 3.02. The van der Waals surface area contributed by atoms with E-state index in [4.69, 9.17) is 9.73 Å². The second-order valence-electron chi connectivity index (χ2n) is 5.87. The largest absolute Gasteiger partial charge is 0.378 e. The highest BCUT2D eigenvalue weighted by molar-refractivity contribution is 8.14. The molecular formula is C14H24N2OS. The molecule has 0 radical (unpaired) electrons. The van der Waals surface area contributed by atoms with E-state index in [1.165, 1.54) is 55.9 Å². The molecule has 0 bridgehead atoms. The molecule has 1 saturated carbocycles. The number of rotatable bonds is 3. The number of amidine groups is 1. The van der Waals surface area contributed by atoms with Crippen LogP contribution in [0.15, 0.2) is 4.99 Å². The fourth-order valence-corrected chi connectivity index (χ4v) is 4.50. The Kier molecular flexibility index (Phi) is 4.14. The number of hydrogen-bond donors (Lipinski definition) is 1. The van der Waals surface area contributed by atoms with Crippen LogP contribution in [0, 0.1) is 0 Å². The van der Waals surface area contributed by atoms with E-state index in [0.29, 0.717) is 11.6 Å². The predicted molar refractivity (Wildman–Crippen MR) is 77.3 cm³/mol. The summed E-state index contributed by atoms with van der Waals surface area (Å²) in [6.45, 7) is 1.88. The molecule has 1 spiro atoms. The van der Waals surface area contributed by atoms with Gasteiger partial charge in [-0.1, -0.05) is 24.6 Å². The van der Waals surface area contributed by atoms with E-state index in [0.717, 1.165) is 19.6 Å². The van der Waals surface area contributed by atoms with Gasteiger partial charge in [-0.3, -0.25) is 4.99 Å². The van der Waals surface area contributed by atoms with Crippen LogP contribution in [0.1, 0.15) is 51.4 Å². The summed E-state index contributed by atoms with van der Waals surface area (Å²) >= 11 is 1.92. The third-order valence-electron chi connectivity index (χ3n) is 4.40. The van der Waals surface area contributed by atoms with Gasteiger partial charge in [0.1, 0.15) is 0 Å². The van der Waals surface area contributed by atoms with Crippen molar-refractivity contribution in [2.24, 2.45) is 4.99 Å². The molecule has 2 aliphatic heterocycles. The number of aliphatic imine (C=N–C) groups is 1. The molecule has 1 atom stereocenters. The summed E-state index contributed by atoms with van der Waals surface area (Å²) in [6, 6.07) is 0. The molecule has 1 N–H and O–H groups in total. The zero-order chi connectivity index (χ0) is 12.3. The van der Waals surface area contributed by atoms with E-state index < -0.39 is 0 Å². The highest BCUT2D eigenvalue weighted by atomic mass is 32.2. The van der Waals surface area contributed by atoms with Crippen LogP contribution in [0.2, 0.25) is 0 Å². The van der Waals surface area contributed by atoms with Gasteiger partial charge >= 0.3 is 0 Å². The van der Waals surface area contributed by atoms with E-state index >= 15 is 0 Å². The molecule has 4 heteroatoms. The normalized spacial score (nSPS) is 33.1. The summed E-state index contributed by atoms with van der Waals surface area (Å²) in [5.74, 6) is 1.23. The summed E-state index contributed by atoms with van der Waals surface area (Å²) in [6.07, 6.45) is 10.8. The lowest BCUT2D eigenvalue weighted by atomic mass is 10.0. The maximum Gasteiger partial charge on any atom is 0.157 e. The molecule has 1 unspecified atom stereocenters. The molecule has 2 saturated heterocycles. The van der Waals surface area contributed by atoms with Crippen molar-refractivity contribution in [1.82, 2.24) is 5.32 Å². The first kappa shape index (κ1) is 12.8.